The first-order valence-corrected chi connectivity index (χ1v) is 5.52. The number of nitrogens with one attached hydrogen (secondary N) is 1. The molecule has 3 unspecified atom stereocenters. The van der Waals surface area contributed by atoms with Crippen LogP contribution in [-0.2, 0) is 6.54 Å². The standard InChI is InChI=1S/C10H16N4/c1-2-14-6-11-13-10(14)8-5-7-3-4-9(8)12-7/h6-9,12H,2-5H2,1H3. The molecule has 3 heterocycles. The zero-order chi connectivity index (χ0) is 9.54. The van der Waals surface area contributed by atoms with Crippen LogP contribution in [-0.4, -0.2) is 26.8 Å². The molecule has 1 N–H and O–H groups in total. The molecule has 0 amide bonds. The SMILES string of the molecule is CCn1cnnc1C1CC2CCC1N2. The van der Waals surface area contributed by atoms with Crippen molar-refractivity contribution in [3.63, 3.8) is 0 Å². The van der Waals surface area contributed by atoms with Crippen LogP contribution in [0.5, 0.6) is 0 Å². The van der Waals surface area contributed by atoms with Crippen LogP contribution in [0.3, 0.4) is 0 Å². The number of hydrogen-bond acceptors (Lipinski definition) is 3. The largest absolute Gasteiger partial charge is 0.318 e. The lowest BCUT2D eigenvalue weighted by Crippen LogP contribution is -2.23. The number of aryl methyl sites for hydroxylation is 1. The highest BCUT2D eigenvalue weighted by Gasteiger charge is 2.41. The third-order valence-electron chi connectivity index (χ3n) is 3.62. The molecule has 1 aromatic rings. The zero-order valence-electron chi connectivity index (χ0n) is 8.48. The summed E-state index contributed by atoms with van der Waals surface area (Å²) in [5, 5.41) is 11.9. The summed E-state index contributed by atoms with van der Waals surface area (Å²) in [5.41, 5.74) is 0. The van der Waals surface area contributed by atoms with Gasteiger partial charge in [0.05, 0.1) is 0 Å². The molecule has 2 bridgehead atoms. The maximum atomic E-state index is 4.26. The van der Waals surface area contributed by atoms with Gasteiger partial charge in [0.25, 0.3) is 0 Å². The average Bonchev–Trinajstić information content (AvgIpc) is 2.92. The van der Waals surface area contributed by atoms with Crippen molar-refractivity contribution in [3.8, 4) is 0 Å². The molecular formula is C10H16N4. The predicted molar refractivity (Wildman–Crippen MR) is 53.0 cm³/mol. The average molecular weight is 192 g/mol. The molecule has 0 saturated carbocycles. The van der Waals surface area contributed by atoms with Gasteiger partial charge >= 0.3 is 0 Å². The van der Waals surface area contributed by atoms with E-state index < -0.39 is 0 Å². The van der Waals surface area contributed by atoms with Gasteiger partial charge in [-0.15, -0.1) is 10.2 Å². The van der Waals surface area contributed by atoms with Crippen molar-refractivity contribution in [1.29, 1.82) is 0 Å². The van der Waals surface area contributed by atoms with Gasteiger partial charge in [0.2, 0.25) is 0 Å². The van der Waals surface area contributed by atoms with Gasteiger partial charge in [0.1, 0.15) is 12.2 Å². The first-order chi connectivity index (χ1) is 6.88. The van der Waals surface area contributed by atoms with Crippen molar-refractivity contribution in [3.05, 3.63) is 12.2 Å². The predicted octanol–water partition coefficient (Wildman–Crippen LogP) is 0.906. The third-order valence-corrected chi connectivity index (χ3v) is 3.62. The summed E-state index contributed by atoms with van der Waals surface area (Å²) in [4.78, 5) is 0. The van der Waals surface area contributed by atoms with Gasteiger partial charge in [-0.3, -0.25) is 0 Å². The van der Waals surface area contributed by atoms with Gasteiger partial charge in [-0.2, -0.15) is 0 Å². The highest BCUT2D eigenvalue weighted by Crippen LogP contribution is 2.38. The minimum Gasteiger partial charge on any atom is -0.318 e. The normalized spacial score (nSPS) is 35.4. The van der Waals surface area contributed by atoms with Crippen molar-refractivity contribution in [2.75, 3.05) is 0 Å². The third kappa shape index (κ3) is 1.10. The number of rotatable bonds is 2. The van der Waals surface area contributed by atoms with Crippen LogP contribution in [0, 0.1) is 0 Å². The first-order valence-electron chi connectivity index (χ1n) is 5.52. The molecule has 76 valence electrons. The van der Waals surface area contributed by atoms with Gasteiger partial charge in [-0.1, -0.05) is 0 Å². The highest BCUT2D eigenvalue weighted by molar-refractivity contribution is 5.11. The zero-order valence-corrected chi connectivity index (χ0v) is 8.48. The number of aromatic nitrogens is 3. The van der Waals surface area contributed by atoms with Crippen molar-refractivity contribution in [1.82, 2.24) is 20.1 Å². The Bertz CT molecular complexity index is 333. The lowest BCUT2D eigenvalue weighted by molar-refractivity contribution is 0.468. The topological polar surface area (TPSA) is 42.7 Å². The Morgan fingerprint density at radius 2 is 2.50 bits per heavy atom. The minimum absolute atomic E-state index is 0.608. The minimum atomic E-state index is 0.608. The van der Waals surface area contributed by atoms with E-state index in [1.54, 1.807) is 0 Å². The Kier molecular flexibility index (Phi) is 1.83. The second kappa shape index (κ2) is 3.05. The number of hydrogen-bond donors (Lipinski definition) is 1. The van der Waals surface area contributed by atoms with Crippen LogP contribution < -0.4 is 5.32 Å². The molecule has 0 aromatic carbocycles. The van der Waals surface area contributed by atoms with Gasteiger partial charge in [0, 0.05) is 24.5 Å². The van der Waals surface area contributed by atoms with E-state index >= 15 is 0 Å². The molecule has 4 nitrogen and oxygen atoms in total. The maximum Gasteiger partial charge on any atom is 0.137 e. The summed E-state index contributed by atoms with van der Waals surface area (Å²) in [6.07, 6.45) is 5.76. The van der Waals surface area contributed by atoms with E-state index in [-0.39, 0.29) is 0 Å². The molecule has 0 radical (unpaired) electrons. The van der Waals surface area contributed by atoms with Crippen LogP contribution >= 0.6 is 0 Å². The van der Waals surface area contributed by atoms with Crippen molar-refractivity contribution >= 4 is 0 Å². The van der Waals surface area contributed by atoms with Gasteiger partial charge in [-0.05, 0) is 26.2 Å². The smallest absolute Gasteiger partial charge is 0.137 e. The summed E-state index contributed by atoms with van der Waals surface area (Å²) in [7, 11) is 0. The van der Waals surface area contributed by atoms with Gasteiger partial charge < -0.3 is 9.88 Å². The quantitative estimate of drug-likeness (QED) is 0.757. The molecule has 1 aromatic heterocycles. The van der Waals surface area contributed by atoms with E-state index in [2.05, 4.69) is 27.0 Å². The molecule has 2 aliphatic heterocycles. The van der Waals surface area contributed by atoms with Gasteiger partial charge in [0.15, 0.2) is 0 Å². The molecule has 3 rings (SSSR count). The molecule has 3 atom stereocenters. The summed E-state index contributed by atoms with van der Waals surface area (Å²) in [5.74, 6) is 1.79. The Balaban J connectivity index is 1.89. The Labute approximate surface area is 83.7 Å². The Morgan fingerprint density at radius 1 is 1.57 bits per heavy atom. The second-order valence-electron chi connectivity index (χ2n) is 4.36. The van der Waals surface area contributed by atoms with Crippen molar-refractivity contribution < 1.29 is 0 Å². The monoisotopic (exact) mass is 192 g/mol. The van der Waals surface area contributed by atoms with Crippen molar-refractivity contribution in [2.45, 2.75) is 50.7 Å². The fourth-order valence-electron chi connectivity index (χ4n) is 2.90. The number of fused-ring (bicyclic) bond motifs is 2. The first kappa shape index (κ1) is 8.41. The van der Waals surface area contributed by atoms with Crippen LogP contribution in [0.2, 0.25) is 0 Å². The van der Waals surface area contributed by atoms with E-state index in [0.29, 0.717) is 12.0 Å². The van der Waals surface area contributed by atoms with Crippen LogP contribution in [0.1, 0.15) is 37.9 Å². The molecule has 2 saturated heterocycles. The fourth-order valence-corrected chi connectivity index (χ4v) is 2.90. The number of nitrogens with zero attached hydrogens (tertiary/aromatic N) is 3. The lowest BCUT2D eigenvalue weighted by Gasteiger charge is -2.19. The molecule has 0 spiro atoms. The van der Waals surface area contributed by atoms with Gasteiger partial charge in [-0.25, -0.2) is 0 Å². The molecule has 4 heteroatoms. The van der Waals surface area contributed by atoms with Crippen LogP contribution in [0.4, 0.5) is 0 Å². The van der Waals surface area contributed by atoms with Crippen LogP contribution in [0.25, 0.3) is 0 Å². The fraction of sp³-hybridized carbons (Fsp3) is 0.800. The Morgan fingerprint density at radius 3 is 3.14 bits per heavy atom. The molecule has 14 heavy (non-hydrogen) atoms. The molecule has 2 fully saturated rings. The maximum absolute atomic E-state index is 4.26. The van der Waals surface area contributed by atoms with E-state index in [0.717, 1.165) is 12.6 Å². The van der Waals surface area contributed by atoms with E-state index in [1.165, 1.54) is 25.1 Å². The van der Waals surface area contributed by atoms with E-state index in [9.17, 15) is 0 Å². The van der Waals surface area contributed by atoms with E-state index in [1.807, 2.05) is 6.33 Å². The molecular weight excluding hydrogens is 176 g/mol. The van der Waals surface area contributed by atoms with Crippen molar-refractivity contribution in [2.24, 2.45) is 0 Å². The highest BCUT2D eigenvalue weighted by atomic mass is 15.3. The lowest BCUT2D eigenvalue weighted by atomic mass is 9.88. The van der Waals surface area contributed by atoms with Crippen LogP contribution in [0.15, 0.2) is 6.33 Å². The molecule has 2 aliphatic rings. The van der Waals surface area contributed by atoms with E-state index in [4.69, 9.17) is 0 Å². The summed E-state index contributed by atoms with van der Waals surface area (Å²) in [6.45, 7) is 3.13. The summed E-state index contributed by atoms with van der Waals surface area (Å²) < 4.78 is 2.17. The summed E-state index contributed by atoms with van der Waals surface area (Å²) in [6, 6.07) is 1.40. The molecule has 0 aliphatic carbocycles. The summed E-state index contributed by atoms with van der Waals surface area (Å²) >= 11 is 0. The second-order valence-corrected chi connectivity index (χ2v) is 4.36. The Hall–Kier alpha value is -0.900.